The van der Waals surface area contributed by atoms with Crippen LogP contribution in [0, 0.1) is 0 Å². The third-order valence-corrected chi connectivity index (χ3v) is 2.70. The van der Waals surface area contributed by atoms with Gasteiger partial charge < -0.3 is 15.0 Å². The maximum Gasteiger partial charge on any atom is 0.258 e. The third-order valence-electron chi connectivity index (χ3n) is 2.70. The Kier molecular flexibility index (Phi) is 3.16. The molecule has 5 nitrogen and oxygen atoms in total. The average Bonchev–Trinajstić information content (AvgIpc) is 2.67. The fraction of sp³-hybridized carbons (Fsp3) is 0.800. The van der Waals surface area contributed by atoms with E-state index in [1.54, 1.807) is 7.11 Å². The minimum atomic E-state index is -0.574. The molecule has 0 bridgehead atoms. The Morgan fingerprint density at radius 3 is 2.47 bits per heavy atom. The van der Waals surface area contributed by atoms with Gasteiger partial charge in [-0.1, -0.05) is 12.1 Å². The van der Waals surface area contributed by atoms with Crippen molar-refractivity contribution in [2.75, 3.05) is 7.11 Å². The summed E-state index contributed by atoms with van der Waals surface area (Å²) in [6.07, 6.45) is 0.749. The lowest BCUT2D eigenvalue weighted by Gasteiger charge is -2.18. The monoisotopic (exact) mass is 213 g/mol. The average molecular weight is 213 g/mol. The molecule has 1 unspecified atom stereocenters. The molecule has 0 amide bonds. The number of nitrogens with zero attached hydrogens (tertiary/aromatic N) is 2. The highest BCUT2D eigenvalue weighted by Gasteiger charge is 2.31. The highest BCUT2D eigenvalue weighted by Crippen LogP contribution is 2.25. The maximum atomic E-state index is 6.01. The van der Waals surface area contributed by atoms with Gasteiger partial charge in [0.25, 0.3) is 5.89 Å². The summed E-state index contributed by atoms with van der Waals surface area (Å²) in [7, 11) is 1.60. The first-order valence-corrected chi connectivity index (χ1v) is 5.02. The summed E-state index contributed by atoms with van der Waals surface area (Å²) in [4.78, 5) is 4.27. The van der Waals surface area contributed by atoms with Crippen LogP contribution in [0.4, 0.5) is 0 Å². The maximum absolute atomic E-state index is 6.01. The van der Waals surface area contributed by atoms with Gasteiger partial charge in [0.1, 0.15) is 5.60 Å². The molecule has 86 valence electrons. The molecule has 15 heavy (non-hydrogen) atoms. The summed E-state index contributed by atoms with van der Waals surface area (Å²) in [5, 5.41) is 3.88. The van der Waals surface area contributed by atoms with Crippen molar-refractivity contribution in [2.45, 2.75) is 45.3 Å². The molecular weight excluding hydrogens is 194 g/mol. The summed E-state index contributed by atoms with van der Waals surface area (Å²) in [5.74, 6) is 0.968. The molecule has 2 N–H and O–H groups in total. The lowest BCUT2D eigenvalue weighted by Crippen LogP contribution is -2.33. The van der Waals surface area contributed by atoms with Gasteiger partial charge in [-0.15, -0.1) is 0 Å². The first-order valence-electron chi connectivity index (χ1n) is 5.02. The van der Waals surface area contributed by atoms with Crippen LogP contribution in [0.3, 0.4) is 0 Å². The van der Waals surface area contributed by atoms with Crippen LogP contribution in [0.25, 0.3) is 0 Å². The summed E-state index contributed by atoms with van der Waals surface area (Å²) >= 11 is 0. The number of aromatic nitrogens is 2. The van der Waals surface area contributed by atoms with E-state index < -0.39 is 11.1 Å². The Hall–Kier alpha value is -0.940. The lowest BCUT2D eigenvalue weighted by atomic mass is 10.00. The van der Waals surface area contributed by atoms with Gasteiger partial charge in [-0.05, 0) is 27.2 Å². The topological polar surface area (TPSA) is 74.2 Å². The van der Waals surface area contributed by atoms with Crippen LogP contribution in [0.15, 0.2) is 4.52 Å². The molecule has 0 saturated heterocycles. The molecule has 0 saturated carbocycles. The summed E-state index contributed by atoms with van der Waals surface area (Å²) in [6.45, 7) is 7.59. The van der Waals surface area contributed by atoms with Gasteiger partial charge in [-0.3, -0.25) is 0 Å². The highest BCUT2D eigenvalue weighted by molar-refractivity contribution is 5.04. The van der Waals surface area contributed by atoms with Crippen LogP contribution in [0.1, 0.15) is 45.8 Å². The van der Waals surface area contributed by atoms with Crippen LogP contribution in [-0.2, 0) is 15.9 Å². The Labute approximate surface area is 90.0 Å². The number of hydrogen-bond donors (Lipinski definition) is 1. The lowest BCUT2D eigenvalue weighted by molar-refractivity contribution is -0.00787. The standard InChI is InChI=1S/C10H19N3O2/c1-6-10(4,11)7-12-8(15-13-7)9(2,3)14-5/h6,11H2,1-5H3. The minimum absolute atomic E-state index is 0.449. The Bertz CT molecular complexity index is 301. The van der Waals surface area contributed by atoms with E-state index in [2.05, 4.69) is 10.1 Å². The second-order valence-electron chi connectivity index (χ2n) is 4.41. The van der Waals surface area contributed by atoms with Crippen molar-refractivity contribution in [2.24, 2.45) is 5.73 Å². The number of methoxy groups -OCH3 is 1. The largest absolute Gasteiger partial charge is 0.369 e. The minimum Gasteiger partial charge on any atom is -0.369 e. The molecule has 0 aliphatic carbocycles. The van der Waals surface area contributed by atoms with E-state index in [1.165, 1.54) is 0 Å². The zero-order valence-electron chi connectivity index (χ0n) is 10.00. The normalized spacial score (nSPS) is 16.4. The van der Waals surface area contributed by atoms with E-state index in [9.17, 15) is 0 Å². The van der Waals surface area contributed by atoms with Crippen molar-refractivity contribution < 1.29 is 9.26 Å². The van der Waals surface area contributed by atoms with Gasteiger partial charge in [-0.25, -0.2) is 0 Å². The van der Waals surface area contributed by atoms with Crippen LogP contribution in [-0.4, -0.2) is 17.3 Å². The summed E-state index contributed by atoms with van der Waals surface area (Å²) in [6, 6.07) is 0. The predicted octanol–water partition coefficient (Wildman–Crippen LogP) is 1.54. The molecule has 0 fully saturated rings. The van der Waals surface area contributed by atoms with Crippen molar-refractivity contribution in [3.05, 3.63) is 11.7 Å². The molecule has 0 aliphatic rings. The van der Waals surface area contributed by atoms with Crippen LogP contribution in [0.5, 0.6) is 0 Å². The third kappa shape index (κ3) is 2.35. The van der Waals surface area contributed by atoms with Crippen LogP contribution >= 0.6 is 0 Å². The molecule has 1 aromatic rings. The number of hydrogen-bond acceptors (Lipinski definition) is 5. The molecule has 0 radical (unpaired) electrons. The zero-order valence-corrected chi connectivity index (χ0v) is 10.00. The molecule has 0 aliphatic heterocycles. The highest BCUT2D eigenvalue weighted by atomic mass is 16.5. The second-order valence-corrected chi connectivity index (χ2v) is 4.41. The van der Waals surface area contributed by atoms with Crippen LogP contribution < -0.4 is 5.73 Å². The van der Waals surface area contributed by atoms with Crippen molar-refractivity contribution in [1.29, 1.82) is 0 Å². The predicted molar refractivity (Wildman–Crippen MR) is 56.2 cm³/mol. The van der Waals surface area contributed by atoms with Crippen molar-refractivity contribution >= 4 is 0 Å². The molecular formula is C10H19N3O2. The van der Waals surface area contributed by atoms with Gasteiger partial charge in [-0.2, -0.15) is 4.98 Å². The molecule has 1 rings (SSSR count). The first-order chi connectivity index (χ1) is 6.83. The molecule has 5 heteroatoms. The van der Waals surface area contributed by atoms with E-state index in [4.69, 9.17) is 15.0 Å². The van der Waals surface area contributed by atoms with Gasteiger partial charge >= 0.3 is 0 Å². The molecule has 1 aromatic heterocycles. The van der Waals surface area contributed by atoms with Crippen LogP contribution in [0.2, 0.25) is 0 Å². The quantitative estimate of drug-likeness (QED) is 0.821. The van der Waals surface area contributed by atoms with E-state index in [1.807, 2.05) is 27.7 Å². The SMILES string of the molecule is CCC(C)(N)c1noc(C(C)(C)OC)n1. The zero-order chi connectivity index (χ0) is 11.7. The summed E-state index contributed by atoms with van der Waals surface area (Å²) < 4.78 is 10.4. The van der Waals surface area contributed by atoms with E-state index in [-0.39, 0.29) is 0 Å². The smallest absolute Gasteiger partial charge is 0.258 e. The Morgan fingerprint density at radius 1 is 1.40 bits per heavy atom. The Balaban J connectivity index is 3.00. The fourth-order valence-corrected chi connectivity index (χ4v) is 0.945. The molecule has 1 atom stereocenters. The molecule has 1 heterocycles. The first kappa shape index (κ1) is 12.1. The molecule has 0 aromatic carbocycles. The van der Waals surface area contributed by atoms with Crippen molar-refractivity contribution in [3.8, 4) is 0 Å². The van der Waals surface area contributed by atoms with Gasteiger partial charge in [0, 0.05) is 7.11 Å². The molecule has 0 spiro atoms. The Morgan fingerprint density at radius 2 is 2.00 bits per heavy atom. The van der Waals surface area contributed by atoms with E-state index in [0.717, 1.165) is 6.42 Å². The van der Waals surface area contributed by atoms with Gasteiger partial charge in [0.05, 0.1) is 5.54 Å². The van der Waals surface area contributed by atoms with Crippen molar-refractivity contribution in [3.63, 3.8) is 0 Å². The number of ether oxygens (including phenoxy) is 1. The second kappa shape index (κ2) is 3.90. The van der Waals surface area contributed by atoms with E-state index in [0.29, 0.717) is 11.7 Å². The van der Waals surface area contributed by atoms with Gasteiger partial charge in [0.2, 0.25) is 0 Å². The van der Waals surface area contributed by atoms with Crippen molar-refractivity contribution in [1.82, 2.24) is 10.1 Å². The fourth-order valence-electron chi connectivity index (χ4n) is 0.945. The van der Waals surface area contributed by atoms with E-state index >= 15 is 0 Å². The summed E-state index contributed by atoms with van der Waals surface area (Å²) in [5.41, 5.74) is 4.89. The number of rotatable bonds is 4. The number of nitrogens with two attached hydrogens (primary N) is 1. The van der Waals surface area contributed by atoms with Gasteiger partial charge in [0.15, 0.2) is 5.82 Å².